The molecule has 0 bridgehead atoms. The van der Waals surface area contributed by atoms with Crippen molar-refractivity contribution in [3.05, 3.63) is 110 Å². The Morgan fingerprint density at radius 1 is 1.08 bits per heavy atom. The van der Waals surface area contributed by atoms with Crippen LogP contribution in [0.15, 0.2) is 70.1 Å². The van der Waals surface area contributed by atoms with Gasteiger partial charge in [0, 0.05) is 31.4 Å². The van der Waals surface area contributed by atoms with Crippen molar-refractivity contribution in [1.29, 1.82) is 0 Å². The second-order valence-electron chi connectivity index (χ2n) is 9.72. The fourth-order valence-corrected chi connectivity index (χ4v) is 5.00. The number of carbonyl (C=O) groups is 1. The molecule has 0 radical (unpaired) electrons. The van der Waals surface area contributed by atoms with Gasteiger partial charge in [-0.1, -0.05) is 35.0 Å². The number of aromatic nitrogens is 2. The van der Waals surface area contributed by atoms with Crippen LogP contribution in [-0.4, -0.2) is 33.6 Å². The summed E-state index contributed by atoms with van der Waals surface area (Å²) in [6.07, 6.45) is 3.11. The molecular weight excluding hydrogens is 507 g/mol. The molecule has 1 saturated heterocycles. The molecule has 0 atom stereocenters. The number of carbonyl (C=O) groups excluding carboxylic acids is 1. The largest absolute Gasteiger partial charge is 0.361 e. The molecule has 1 amide bonds. The van der Waals surface area contributed by atoms with Crippen molar-refractivity contribution in [2.45, 2.75) is 39.2 Å². The molecule has 0 saturated carbocycles. The minimum Gasteiger partial charge on any atom is -0.361 e. The Hall–Kier alpha value is -3.91. The van der Waals surface area contributed by atoms with Crippen molar-refractivity contribution in [3.63, 3.8) is 0 Å². The highest BCUT2D eigenvalue weighted by atomic mass is 35.5. The standard InChI is InChI=1S/C29H28ClFN4O3/c1-18-3-8-25(30)27(13-18)32-26-15-28(36)35(16-23-14-19(2)38-33-23)17-24(26)29(37)34-11-9-21(10-12-34)20-4-6-22(31)7-5-20/h3-8,13-15,17,21,32H,9-12,16H2,1-2H3. The number of hydrogen-bond donors (Lipinski definition) is 1. The van der Waals surface area contributed by atoms with E-state index in [1.165, 1.54) is 22.8 Å². The number of likely N-dealkylation sites (tertiary alicyclic amines) is 1. The van der Waals surface area contributed by atoms with E-state index in [1.807, 2.05) is 31.2 Å². The Morgan fingerprint density at radius 2 is 1.82 bits per heavy atom. The van der Waals surface area contributed by atoms with Gasteiger partial charge >= 0.3 is 0 Å². The van der Waals surface area contributed by atoms with Crippen LogP contribution in [0.25, 0.3) is 0 Å². The Balaban J connectivity index is 1.44. The summed E-state index contributed by atoms with van der Waals surface area (Å²) in [4.78, 5) is 28.7. The van der Waals surface area contributed by atoms with Gasteiger partial charge in [-0.3, -0.25) is 9.59 Å². The molecule has 9 heteroatoms. The molecule has 4 aromatic rings. The van der Waals surface area contributed by atoms with Crippen LogP contribution < -0.4 is 10.9 Å². The smallest absolute Gasteiger partial charge is 0.257 e. The maximum Gasteiger partial charge on any atom is 0.257 e. The van der Waals surface area contributed by atoms with Crippen LogP contribution in [-0.2, 0) is 6.54 Å². The normalized spacial score (nSPS) is 14.1. The molecule has 2 aromatic carbocycles. The quantitative estimate of drug-likeness (QED) is 0.325. The zero-order chi connectivity index (χ0) is 26.8. The van der Waals surface area contributed by atoms with E-state index in [4.69, 9.17) is 16.1 Å². The van der Waals surface area contributed by atoms with Gasteiger partial charge < -0.3 is 19.3 Å². The first-order valence-corrected chi connectivity index (χ1v) is 12.9. The first kappa shape index (κ1) is 25.7. The van der Waals surface area contributed by atoms with Crippen LogP contribution in [0.4, 0.5) is 15.8 Å². The molecule has 1 aliphatic rings. The summed E-state index contributed by atoms with van der Waals surface area (Å²) in [5.41, 5.74) is 3.73. The minimum absolute atomic E-state index is 0.175. The second kappa shape index (κ2) is 10.8. The summed E-state index contributed by atoms with van der Waals surface area (Å²) in [5.74, 6) is 0.457. The zero-order valence-corrected chi connectivity index (χ0v) is 22.0. The molecule has 1 aliphatic heterocycles. The lowest BCUT2D eigenvalue weighted by molar-refractivity contribution is 0.0713. The first-order chi connectivity index (χ1) is 18.3. The van der Waals surface area contributed by atoms with Crippen LogP contribution in [0.1, 0.15) is 51.7 Å². The molecule has 196 valence electrons. The molecule has 0 aliphatic carbocycles. The molecule has 7 nitrogen and oxygen atoms in total. The summed E-state index contributed by atoms with van der Waals surface area (Å²) < 4.78 is 19.9. The van der Waals surface area contributed by atoms with Gasteiger partial charge in [0.2, 0.25) is 0 Å². The van der Waals surface area contributed by atoms with Gasteiger partial charge in [0.25, 0.3) is 11.5 Å². The van der Waals surface area contributed by atoms with E-state index < -0.39 is 0 Å². The van der Waals surface area contributed by atoms with Gasteiger partial charge in [-0.25, -0.2) is 4.39 Å². The van der Waals surface area contributed by atoms with Crippen molar-refractivity contribution in [3.8, 4) is 0 Å². The number of amides is 1. The summed E-state index contributed by atoms with van der Waals surface area (Å²) in [7, 11) is 0. The molecule has 2 aromatic heterocycles. The molecule has 5 rings (SSSR count). The number of halogens is 2. The van der Waals surface area contributed by atoms with E-state index in [2.05, 4.69) is 10.5 Å². The van der Waals surface area contributed by atoms with E-state index in [9.17, 15) is 14.0 Å². The van der Waals surface area contributed by atoms with Crippen molar-refractivity contribution >= 4 is 28.9 Å². The summed E-state index contributed by atoms with van der Waals surface area (Å²) in [6, 6.07) is 15.3. The van der Waals surface area contributed by atoms with Gasteiger partial charge in [0.05, 0.1) is 28.5 Å². The Kier molecular flexibility index (Phi) is 7.33. The van der Waals surface area contributed by atoms with Gasteiger partial charge in [0.1, 0.15) is 17.3 Å². The van der Waals surface area contributed by atoms with Gasteiger partial charge in [-0.05, 0) is 68.0 Å². The van der Waals surface area contributed by atoms with E-state index in [-0.39, 0.29) is 29.7 Å². The molecular formula is C29H28ClFN4O3. The van der Waals surface area contributed by atoms with E-state index >= 15 is 0 Å². The average molecular weight is 535 g/mol. The highest BCUT2D eigenvalue weighted by Crippen LogP contribution is 2.31. The fraction of sp³-hybridized carbons (Fsp3) is 0.276. The number of benzene rings is 2. The van der Waals surface area contributed by atoms with Crippen LogP contribution in [0, 0.1) is 19.7 Å². The summed E-state index contributed by atoms with van der Waals surface area (Å²) in [6.45, 7) is 4.99. The van der Waals surface area contributed by atoms with Gasteiger partial charge in [-0.15, -0.1) is 0 Å². The van der Waals surface area contributed by atoms with E-state index in [1.54, 1.807) is 30.2 Å². The topological polar surface area (TPSA) is 80.4 Å². The minimum atomic E-state index is -0.288. The van der Waals surface area contributed by atoms with Crippen molar-refractivity contribution in [2.75, 3.05) is 18.4 Å². The lowest BCUT2D eigenvalue weighted by atomic mass is 9.89. The predicted octanol–water partition coefficient (Wildman–Crippen LogP) is 6.06. The van der Waals surface area contributed by atoms with Crippen LogP contribution in [0.5, 0.6) is 0 Å². The lowest BCUT2D eigenvalue weighted by Gasteiger charge is -2.33. The molecule has 0 spiro atoms. The van der Waals surface area contributed by atoms with Crippen molar-refractivity contribution in [2.24, 2.45) is 0 Å². The van der Waals surface area contributed by atoms with Crippen LogP contribution in [0.2, 0.25) is 5.02 Å². The molecule has 0 unspecified atom stereocenters. The number of pyridine rings is 1. The van der Waals surface area contributed by atoms with Crippen molar-refractivity contribution < 1.29 is 13.7 Å². The highest BCUT2D eigenvalue weighted by Gasteiger charge is 2.27. The first-order valence-electron chi connectivity index (χ1n) is 12.5. The van der Waals surface area contributed by atoms with Gasteiger partial charge in [0.15, 0.2) is 0 Å². The molecule has 1 fully saturated rings. The number of hydrogen-bond acceptors (Lipinski definition) is 5. The SMILES string of the molecule is Cc1ccc(Cl)c(Nc2cc(=O)n(Cc3cc(C)on3)cc2C(=O)N2CCC(c3ccc(F)cc3)CC2)c1. The van der Waals surface area contributed by atoms with E-state index in [0.29, 0.717) is 46.5 Å². The maximum absolute atomic E-state index is 13.8. The second-order valence-corrected chi connectivity index (χ2v) is 10.1. The summed E-state index contributed by atoms with van der Waals surface area (Å²) >= 11 is 6.41. The monoisotopic (exact) mass is 534 g/mol. The third kappa shape index (κ3) is 5.65. The Labute approximate surface area is 224 Å². The molecule has 3 heterocycles. The number of nitrogens with zero attached hydrogens (tertiary/aromatic N) is 3. The summed E-state index contributed by atoms with van der Waals surface area (Å²) in [5, 5.41) is 7.68. The number of rotatable bonds is 6. The fourth-order valence-electron chi connectivity index (χ4n) is 4.84. The number of nitrogens with one attached hydrogen (secondary N) is 1. The van der Waals surface area contributed by atoms with E-state index in [0.717, 1.165) is 24.0 Å². The number of aryl methyl sites for hydroxylation is 2. The Morgan fingerprint density at radius 3 is 2.50 bits per heavy atom. The third-order valence-corrected chi connectivity index (χ3v) is 7.21. The predicted molar refractivity (Wildman–Crippen MR) is 145 cm³/mol. The molecule has 38 heavy (non-hydrogen) atoms. The zero-order valence-electron chi connectivity index (χ0n) is 21.2. The third-order valence-electron chi connectivity index (χ3n) is 6.88. The average Bonchev–Trinajstić information content (AvgIpc) is 3.32. The number of anilines is 2. The Bertz CT molecular complexity index is 1520. The maximum atomic E-state index is 13.8. The molecule has 1 N–H and O–H groups in total. The highest BCUT2D eigenvalue weighted by molar-refractivity contribution is 6.33. The van der Waals surface area contributed by atoms with Gasteiger partial charge in [-0.2, -0.15) is 0 Å². The lowest BCUT2D eigenvalue weighted by Crippen LogP contribution is -2.39. The van der Waals surface area contributed by atoms with Crippen molar-refractivity contribution in [1.82, 2.24) is 14.6 Å². The van der Waals surface area contributed by atoms with Crippen LogP contribution >= 0.6 is 11.6 Å². The number of piperidine rings is 1. The van der Waals surface area contributed by atoms with Crippen LogP contribution in [0.3, 0.4) is 0 Å².